The molecule has 2 heterocycles. The zero-order chi connectivity index (χ0) is 13.0. The van der Waals surface area contributed by atoms with Gasteiger partial charge in [0.05, 0.1) is 6.54 Å². The number of carbonyl (C=O) groups is 1. The molecule has 1 spiro atoms. The van der Waals surface area contributed by atoms with Crippen LogP contribution in [0.1, 0.15) is 33.1 Å². The standard InChI is InChI=1S/C14H27N3O/c1-3-16(4-2)11-13(18)17-9-6-14(7-10-17)5-8-15-12-14/h15H,3-12H2,1-2H3. The van der Waals surface area contributed by atoms with Crippen molar-refractivity contribution in [2.24, 2.45) is 5.41 Å². The molecule has 0 bridgehead atoms. The third kappa shape index (κ3) is 3.04. The number of likely N-dealkylation sites (tertiary alicyclic amines) is 1. The summed E-state index contributed by atoms with van der Waals surface area (Å²) in [5.41, 5.74) is 0.506. The van der Waals surface area contributed by atoms with Crippen LogP contribution >= 0.6 is 0 Å². The van der Waals surface area contributed by atoms with Crippen molar-refractivity contribution in [2.75, 3.05) is 45.8 Å². The zero-order valence-electron chi connectivity index (χ0n) is 11.9. The first-order valence-corrected chi connectivity index (χ1v) is 7.40. The highest BCUT2D eigenvalue weighted by Crippen LogP contribution is 2.36. The van der Waals surface area contributed by atoms with Gasteiger partial charge in [0.1, 0.15) is 0 Å². The van der Waals surface area contributed by atoms with Gasteiger partial charge >= 0.3 is 0 Å². The number of nitrogens with one attached hydrogen (secondary N) is 1. The highest BCUT2D eigenvalue weighted by atomic mass is 16.2. The molecule has 2 rings (SSSR count). The minimum absolute atomic E-state index is 0.319. The van der Waals surface area contributed by atoms with Crippen LogP contribution in [0.2, 0.25) is 0 Å². The minimum atomic E-state index is 0.319. The van der Waals surface area contributed by atoms with E-state index in [9.17, 15) is 4.79 Å². The van der Waals surface area contributed by atoms with E-state index in [2.05, 4.69) is 29.0 Å². The van der Waals surface area contributed by atoms with Gasteiger partial charge in [0.15, 0.2) is 0 Å². The van der Waals surface area contributed by atoms with Gasteiger partial charge in [0.25, 0.3) is 0 Å². The Labute approximate surface area is 111 Å². The topological polar surface area (TPSA) is 35.6 Å². The summed E-state index contributed by atoms with van der Waals surface area (Å²) >= 11 is 0. The first kappa shape index (κ1) is 13.8. The molecule has 0 aliphatic carbocycles. The van der Waals surface area contributed by atoms with Crippen LogP contribution in [0.3, 0.4) is 0 Å². The van der Waals surface area contributed by atoms with Gasteiger partial charge in [-0.25, -0.2) is 0 Å². The molecule has 2 saturated heterocycles. The lowest BCUT2D eigenvalue weighted by atomic mass is 9.78. The number of hydrogen-bond acceptors (Lipinski definition) is 3. The summed E-state index contributed by atoms with van der Waals surface area (Å²) < 4.78 is 0. The average molecular weight is 253 g/mol. The number of hydrogen-bond donors (Lipinski definition) is 1. The zero-order valence-corrected chi connectivity index (χ0v) is 11.9. The highest BCUT2D eigenvalue weighted by Gasteiger charge is 2.37. The first-order valence-electron chi connectivity index (χ1n) is 7.40. The van der Waals surface area contributed by atoms with Crippen LogP contribution < -0.4 is 5.32 Å². The molecule has 2 aliphatic rings. The summed E-state index contributed by atoms with van der Waals surface area (Å²) in [5, 5.41) is 3.47. The lowest BCUT2D eigenvalue weighted by Gasteiger charge is -2.39. The molecule has 2 aliphatic heterocycles. The number of piperidine rings is 1. The molecule has 1 N–H and O–H groups in total. The Balaban J connectivity index is 1.80. The molecule has 0 atom stereocenters. The largest absolute Gasteiger partial charge is 0.342 e. The van der Waals surface area contributed by atoms with Crippen LogP contribution in [-0.2, 0) is 4.79 Å². The molecule has 2 fully saturated rings. The summed E-state index contributed by atoms with van der Waals surface area (Å²) in [6, 6.07) is 0. The first-order chi connectivity index (χ1) is 8.69. The van der Waals surface area contributed by atoms with E-state index in [0.29, 0.717) is 17.9 Å². The summed E-state index contributed by atoms with van der Waals surface area (Å²) in [7, 11) is 0. The van der Waals surface area contributed by atoms with E-state index in [1.54, 1.807) is 0 Å². The molecule has 1 amide bonds. The number of rotatable bonds is 4. The highest BCUT2D eigenvalue weighted by molar-refractivity contribution is 5.78. The Bertz CT molecular complexity index is 273. The van der Waals surface area contributed by atoms with Crippen LogP contribution in [-0.4, -0.2) is 61.5 Å². The predicted octanol–water partition coefficient (Wildman–Crippen LogP) is 0.930. The molecule has 4 heteroatoms. The van der Waals surface area contributed by atoms with E-state index in [4.69, 9.17) is 0 Å². The van der Waals surface area contributed by atoms with Crippen LogP contribution in [0, 0.1) is 5.41 Å². The number of likely N-dealkylation sites (N-methyl/N-ethyl adjacent to an activating group) is 1. The number of nitrogens with zero attached hydrogens (tertiary/aromatic N) is 2. The molecule has 0 unspecified atom stereocenters. The van der Waals surface area contributed by atoms with Gasteiger partial charge in [-0.3, -0.25) is 9.69 Å². The Hall–Kier alpha value is -0.610. The van der Waals surface area contributed by atoms with E-state index in [1.165, 1.54) is 19.3 Å². The second-order valence-electron chi connectivity index (χ2n) is 5.77. The monoisotopic (exact) mass is 253 g/mol. The maximum Gasteiger partial charge on any atom is 0.236 e. The van der Waals surface area contributed by atoms with Crippen molar-refractivity contribution in [2.45, 2.75) is 33.1 Å². The van der Waals surface area contributed by atoms with E-state index in [0.717, 1.165) is 39.3 Å². The second-order valence-corrected chi connectivity index (χ2v) is 5.77. The van der Waals surface area contributed by atoms with Crippen molar-refractivity contribution in [3.8, 4) is 0 Å². The molecule has 4 nitrogen and oxygen atoms in total. The van der Waals surface area contributed by atoms with Crippen molar-refractivity contribution >= 4 is 5.91 Å². The third-order valence-electron chi connectivity index (χ3n) is 4.76. The maximum atomic E-state index is 12.2. The lowest BCUT2D eigenvalue weighted by Crippen LogP contribution is -2.47. The minimum Gasteiger partial charge on any atom is -0.342 e. The molecule has 0 aromatic heterocycles. The van der Waals surface area contributed by atoms with Crippen molar-refractivity contribution in [1.82, 2.24) is 15.1 Å². The second kappa shape index (κ2) is 6.02. The van der Waals surface area contributed by atoms with E-state index in [1.807, 2.05) is 0 Å². The fourth-order valence-electron chi connectivity index (χ4n) is 3.19. The smallest absolute Gasteiger partial charge is 0.236 e. The molecule has 0 aromatic rings. The van der Waals surface area contributed by atoms with Gasteiger partial charge in [-0.2, -0.15) is 0 Å². The van der Waals surface area contributed by atoms with Crippen LogP contribution in [0.25, 0.3) is 0 Å². The lowest BCUT2D eigenvalue weighted by molar-refractivity contribution is -0.134. The van der Waals surface area contributed by atoms with Crippen molar-refractivity contribution < 1.29 is 4.79 Å². The van der Waals surface area contributed by atoms with Gasteiger partial charge in [-0.1, -0.05) is 13.8 Å². The molecule has 18 heavy (non-hydrogen) atoms. The van der Waals surface area contributed by atoms with Crippen molar-refractivity contribution in [3.05, 3.63) is 0 Å². The van der Waals surface area contributed by atoms with Gasteiger partial charge < -0.3 is 10.2 Å². The maximum absolute atomic E-state index is 12.2. The van der Waals surface area contributed by atoms with Gasteiger partial charge in [-0.05, 0) is 44.3 Å². The fraction of sp³-hybridized carbons (Fsp3) is 0.929. The average Bonchev–Trinajstić information content (AvgIpc) is 2.85. The molecular formula is C14H27N3O. The van der Waals surface area contributed by atoms with E-state index in [-0.39, 0.29) is 0 Å². The normalized spacial score (nSPS) is 22.9. The molecule has 0 aromatic carbocycles. The number of carbonyl (C=O) groups excluding carboxylic acids is 1. The van der Waals surface area contributed by atoms with Crippen LogP contribution in [0.15, 0.2) is 0 Å². The number of amides is 1. The van der Waals surface area contributed by atoms with Gasteiger partial charge in [0, 0.05) is 19.6 Å². The SMILES string of the molecule is CCN(CC)CC(=O)N1CCC2(CCNC2)CC1. The van der Waals surface area contributed by atoms with Crippen LogP contribution in [0.5, 0.6) is 0 Å². The van der Waals surface area contributed by atoms with Gasteiger partial charge in [0.2, 0.25) is 5.91 Å². The van der Waals surface area contributed by atoms with E-state index >= 15 is 0 Å². The van der Waals surface area contributed by atoms with E-state index < -0.39 is 0 Å². The molecule has 0 radical (unpaired) electrons. The fourth-order valence-corrected chi connectivity index (χ4v) is 3.19. The summed E-state index contributed by atoms with van der Waals surface area (Å²) in [4.78, 5) is 16.5. The van der Waals surface area contributed by atoms with Crippen LogP contribution in [0.4, 0.5) is 0 Å². The Morgan fingerprint density at radius 1 is 1.22 bits per heavy atom. The summed E-state index contributed by atoms with van der Waals surface area (Å²) in [5.74, 6) is 0.319. The molecule has 0 saturated carbocycles. The Morgan fingerprint density at radius 2 is 1.89 bits per heavy atom. The van der Waals surface area contributed by atoms with Gasteiger partial charge in [-0.15, -0.1) is 0 Å². The quantitative estimate of drug-likeness (QED) is 0.809. The summed E-state index contributed by atoms with van der Waals surface area (Å²) in [6.07, 6.45) is 3.67. The molecular weight excluding hydrogens is 226 g/mol. The summed E-state index contributed by atoms with van der Waals surface area (Å²) in [6.45, 7) is 11.0. The third-order valence-corrected chi connectivity index (χ3v) is 4.76. The van der Waals surface area contributed by atoms with Crippen molar-refractivity contribution in [3.63, 3.8) is 0 Å². The Kier molecular flexibility index (Phi) is 4.62. The molecule has 104 valence electrons. The van der Waals surface area contributed by atoms with Crippen molar-refractivity contribution in [1.29, 1.82) is 0 Å². The predicted molar refractivity (Wildman–Crippen MR) is 73.5 cm³/mol. The Morgan fingerprint density at radius 3 is 2.39 bits per heavy atom.